The summed E-state index contributed by atoms with van der Waals surface area (Å²) in [6, 6.07) is 0.206. The predicted molar refractivity (Wildman–Crippen MR) is 48.6 cm³/mol. The molecule has 0 aliphatic carbocycles. The number of aliphatic imine (C=N–C) groups is 2. The Balaban J connectivity index is 2.17. The lowest BCUT2D eigenvalue weighted by Gasteiger charge is -2.18. The van der Waals surface area contributed by atoms with Crippen LogP contribution in [0, 0.1) is 0 Å². The first kappa shape index (κ1) is 7.70. The molecule has 0 radical (unpaired) electrons. The normalized spacial score (nSPS) is 41.6. The molecule has 66 valence electrons. The van der Waals surface area contributed by atoms with Crippen molar-refractivity contribution in [3.63, 3.8) is 0 Å². The van der Waals surface area contributed by atoms with E-state index in [1.54, 1.807) is 0 Å². The molecule has 1 saturated heterocycles. The molecule has 2 rings (SSSR count). The summed E-state index contributed by atoms with van der Waals surface area (Å²) in [6.07, 6.45) is 1.81. The van der Waals surface area contributed by atoms with Crippen LogP contribution in [-0.4, -0.2) is 43.9 Å². The fourth-order valence-corrected chi connectivity index (χ4v) is 1.47. The lowest BCUT2D eigenvalue weighted by Crippen LogP contribution is -2.48. The Morgan fingerprint density at radius 3 is 3.42 bits per heavy atom. The van der Waals surface area contributed by atoms with E-state index in [-0.39, 0.29) is 12.1 Å². The highest BCUT2D eigenvalue weighted by Crippen LogP contribution is 2.00. The van der Waals surface area contributed by atoms with Gasteiger partial charge in [-0.05, 0) is 0 Å². The van der Waals surface area contributed by atoms with E-state index in [4.69, 9.17) is 5.73 Å². The van der Waals surface area contributed by atoms with Crippen molar-refractivity contribution < 1.29 is 0 Å². The molecule has 0 saturated carbocycles. The van der Waals surface area contributed by atoms with Gasteiger partial charge in [-0.1, -0.05) is 0 Å². The van der Waals surface area contributed by atoms with E-state index in [9.17, 15) is 0 Å². The third-order valence-electron chi connectivity index (χ3n) is 2.10. The Bertz CT molecular complexity index is 222. The van der Waals surface area contributed by atoms with Crippen LogP contribution < -0.4 is 16.4 Å². The fraction of sp³-hybridized carbons (Fsp3) is 0.714. The molecule has 12 heavy (non-hydrogen) atoms. The molecule has 2 atom stereocenters. The molecule has 2 aliphatic rings. The number of rotatable bonds is 0. The Hall–Kier alpha value is -0.940. The number of nitrogens with two attached hydrogens (primary N) is 1. The number of hydrogen-bond acceptors (Lipinski definition) is 5. The third kappa shape index (κ3) is 1.33. The summed E-state index contributed by atoms with van der Waals surface area (Å²) in [4.78, 5) is 8.46. The summed E-state index contributed by atoms with van der Waals surface area (Å²) in [6.45, 7) is 2.10. The maximum Gasteiger partial charge on any atom is 0.117 e. The van der Waals surface area contributed by atoms with E-state index >= 15 is 0 Å². The maximum absolute atomic E-state index is 5.89. The molecule has 0 spiro atoms. The van der Waals surface area contributed by atoms with Gasteiger partial charge >= 0.3 is 0 Å². The van der Waals surface area contributed by atoms with Gasteiger partial charge in [0.1, 0.15) is 5.84 Å². The zero-order chi connectivity index (χ0) is 8.39. The van der Waals surface area contributed by atoms with Crippen LogP contribution >= 0.6 is 0 Å². The van der Waals surface area contributed by atoms with Crippen molar-refractivity contribution in [3.8, 4) is 0 Å². The van der Waals surface area contributed by atoms with Crippen molar-refractivity contribution in [1.29, 1.82) is 0 Å². The van der Waals surface area contributed by atoms with Gasteiger partial charge in [0.05, 0.1) is 25.8 Å². The lowest BCUT2D eigenvalue weighted by atomic mass is 10.1. The van der Waals surface area contributed by atoms with Gasteiger partial charge < -0.3 is 11.1 Å². The van der Waals surface area contributed by atoms with Gasteiger partial charge in [0.15, 0.2) is 0 Å². The van der Waals surface area contributed by atoms with Crippen molar-refractivity contribution in [3.05, 3.63) is 0 Å². The number of fused-ring (bicyclic) bond motifs is 1. The quantitative estimate of drug-likeness (QED) is 0.403. The zero-order valence-corrected chi connectivity index (χ0v) is 6.83. The van der Waals surface area contributed by atoms with Crippen molar-refractivity contribution >= 4 is 12.1 Å². The zero-order valence-electron chi connectivity index (χ0n) is 6.83. The van der Waals surface area contributed by atoms with Gasteiger partial charge in [-0.3, -0.25) is 15.3 Å². The molecule has 5 heteroatoms. The highest BCUT2D eigenvalue weighted by atomic mass is 15.2. The third-order valence-corrected chi connectivity index (χ3v) is 2.10. The monoisotopic (exact) mass is 167 g/mol. The largest absolute Gasteiger partial charge is 0.360 e. The van der Waals surface area contributed by atoms with Gasteiger partial charge in [0.2, 0.25) is 0 Å². The first-order chi connectivity index (χ1) is 5.88. The summed E-state index contributed by atoms with van der Waals surface area (Å²) in [7, 11) is 0. The first-order valence-corrected chi connectivity index (χ1v) is 4.13. The summed E-state index contributed by atoms with van der Waals surface area (Å²) >= 11 is 0. The highest BCUT2D eigenvalue weighted by molar-refractivity contribution is 5.91. The molecule has 2 unspecified atom stereocenters. The van der Waals surface area contributed by atoms with Gasteiger partial charge in [-0.2, -0.15) is 0 Å². The van der Waals surface area contributed by atoms with Crippen LogP contribution in [0.1, 0.15) is 0 Å². The molecule has 0 amide bonds. The molecule has 2 aliphatic heterocycles. The molecule has 0 aromatic carbocycles. The average molecular weight is 167 g/mol. The van der Waals surface area contributed by atoms with Gasteiger partial charge in [0.25, 0.3) is 0 Å². The molecular weight excluding hydrogens is 154 g/mol. The topological polar surface area (TPSA) is 74.8 Å². The first-order valence-electron chi connectivity index (χ1n) is 4.13. The van der Waals surface area contributed by atoms with Crippen molar-refractivity contribution in [2.45, 2.75) is 12.1 Å². The van der Waals surface area contributed by atoms with E-state index in [0.29, 0.717) is 13.1 Å². The maximum atomic E-state index is 5.89. The summed E-state index contributed by atoms with van der Waals surface area (Å²) in [5.74, 6) is 0.980. The minimum absolute atomic E-state index is 0.0373. The molecule has 4 N–H and O–H groups in total. The van der Waals surface area contributed by atoms with Crippen molar-refractivity contribution in [1.82, 2.24) is 10.6 Å². The van der Waals surface area contributed by atoms with E-state index in [0.717, 1.165) is 12.5 Å². The van der Waals surface area contributed by atoms with Crippen molar-refractivity contribution in [2.75, 3.05) is 19.8 Å². The summed E-state index contributed by atoms with van der Waals surface area (Å²) < 4.78 is 0. The fourth-order valence-electron chi connectivity index (χ4n) is 1.47. The number of amidine groups is 1. The predicted octanol–water partition coefficient (Wildman–Crippen LogP) is -1.68. The van der Waals surface area contributed by atoms with Crippen molar-refractivity contribution in [2.24, 2.45) is 15.7 Å². The van der Waals surface area contributed by atoms with Crippen LogP contribution in [0.4, 0.5) is 0 Å². The van der Waals surface area contributed by atoms with E-state index in [1.165, 1.54) is 0 Å². The Labute approximate surface area is 71.1 Å². The van der Waals surface area contributed by atoms with E-state index < -0.39 is 0 Å². The Morgan fingerprint density at radius 2 is 2.50 bits per heavy atom. The minimum atomic E-state index is 0.0373. The second-order valence-corrected chi connectivity index (χ2v) is 2.97. The van der Waals surface area contributed by atoms with Crippen LogP contribution in [0.15, 0.2) is 9.98 Å². The Morgan fingerprint density at radius 1 is 1.58 bits per heavy atom. The van der Waals surface area contributed by atoms with Gasteiger partial charge in [-0.15, -0.1) is 0 Å². The SMILES string of the molecule is NC1C/N=C\C/N=C2/NCNC21. The Kier molecular flexibility index (Phi) is 2.05. The molecule has 5 nitrogen and oxygen atoms in total. The van der Waals surface area contributed by atoms with Crippen LogP contribution in [0.5, 0.6) is 0 Å². The molecule has 0 bridgehead atoms. The molecule has 0 aromatic rings. The standard InChI is InChI=1S/C7H13N5/c8-5-3-9-1-2-10-7-6(5)11-4-12-7/h1,5-6,11H,2-4,8H2,(H,10,12)/b9-1-. The van der Waals surface area contributed by atoms with Gasteiger partial charge in [-0.25, -0.2) is 0 Å². The number of nitrogens with zero attached hydrogens (tertiary/aromatic N) is 2. The van der Waals surface area contributed by atoms with E-state index in [2.05, 4.69) is 20.6 Å². The molecule has 0 aromatic heterocycles. The minimum Gasteiger partial charge on any atom is -0.360 e. The second-order valence-electron chi connectivity index (χ2n) is 2.97. The van der Waals surface area contributed by atoms with Crippen LogP contribution in [0.2, 0.25) is 0 Å². The lowest BCUT2D eigenvalue weighted by molar-refractivity contribution is 0.558. The second kappa shape index (κ2) is 3.20. The van der Waals surface area contributed by atoms with Gasteiger partial charge in [0, 0.05) is 12.3 Å². The number of hydrogen-bond donors (Lipinski definition) is 3. The van der Waals surface area contributed by atoms with E-state index in [1.807, 2.05) is 6.21 Å². The van der Waals surface area contributed by atoms with Crippen LogP contribution in [-0.2, 0) is 0 Å². The number of nitrogens with one attached hydrogen (secondary N) is 2. The summed E-state index contributed by atoms with van der Waals surface area (Å²) in [5, 5.41) is 6.39. The highest BCUT2D eigenvalue weighted by Gasteiger charge is 2.27. The van der Waals surface area contributed by atoms with Crippen LogP contribution in [0.25, 0.3) is 0 Å². The molecular formula is C7H13N5. The smallest absolute Gasteiger partial charge is 0.117 e. The molecule has 1 fully saturated rings. The van der Waals surface area contributed by atoms with Crippen LogP contribution in [0.3, 0.4) is 0 Å². The average Bonchev–Trinajstić information content (AvgIpc) is 2.47. The summed E-state index contributed by atoms with van der Waals surface area (Å²) in [5.41, 5.74) is 5.89. The molecule has 2 heterocycles.